The lowest BCUT2D eigenvalue weighted by atomic mass is 10.1. The van der Waals surface area contributed by atoms with E-state index in [4.69, 9.17) is 5.73 Å². The maximum Gasteiger partial charge on any atom is 0.244 e. The molecule has 0 spiro atoms. The maximum absolute atomic E-state index is 12.8. The molecule has 0 bridgehead atoms. The number of pyridine rings is 1. The van der Waals surface area contributed by atoms with Gasteiger partial charge in [0.1, 0.15) is 6.04 Å². The van der Waals surface area contributed by atoms with Gasteiger partial charge in [0.25, 0.3) is 0 Å². The first-order valence-corrected chi connectivity index (χ1v) is 10.2. The Morgan fingerprint density at radius 3 is 2.82 bits per heavy atom. The molecule has 28 heavy (non-hydrogen) atoms. The summed E-state index contributed by atoms with van der Waals surface area (Å²) in [7, 11) is 0. The molecule has 1 amide bonds. The number of carbonyl (C=O) groups is 1. The van der Waals surface area contributed by atoms with E-state index in [9.17, 15) is 4.79 Å². The number of fused-ring (bicyclic) bond motifs is 1. The second-order valence-corrected chi connectivity index (χ2v) is 8.22. The molecule has 144 valence electrons. The van der Waals surface area contributed by atoms with Gasteiger partial charge in [0.2, 0.25) is 5.91 Å². The van der Waals surface area contributed by atoms with Gasteiger partial charge in [-0.25, -0.2) is 0 Å². The number of hydrogen-bond acceptors (Lipinski definition) is 4. The number of nitrogens with one attached hydrogen (secondary N) is 1. The summed E-state index contributed by atoms with van der Waals surface area (Å²) in [4.78, 5) is 19.0. The number of amides is 1. The number of nitrogens with two attached hydrogens (primary N) is 1. The highest BCUT2D eigenvalue weighted by Crippen LogP contribution is 2.28. The molecule has 2 atom stereocenters. The van der Waals surface area contributed by atoms with Gasteiger partial charge in [0.05, 0.1) is 0 Å². The standard InChI is InChI=1S/C22H23BrN4O/c1-14-11-25-12-16-3-2-4-19(20(14)16)26-18-9-10-27(13-18)22(28)21(24)15-5-7-17(23)8-6-15/h2-8,11-12,18,21,26H,9-10,13,24H2,1H3. The summed E-state index contributed by atoms with van der Waals surface area (Å²) < 4.78 is 0.974. The van der Waals surface area contributed by atoms with Gasteiger partial charge in [-0.2, -0.15) is 0 Å². The largest absolute Gasteiger partial charge is 0.380 e. The summed E-state index contributed by atoms with van der Waals surface area (Å²) >= 11 is 3.41. The zero-order valence-corrected chi connectivity index (χ0v) is 17.3. The van der Waals surface area contributed by atoms with Crippen molar-refractivity contribution >= 4 is 38.3 Å². The first-order chi connectivity index (χ1) is 13.5. The second-order valence-electron chi connectivity index (χ2n) is 7.30. The van der Waals surface area contributed by atoms with Crippen molar-refractivity contribution in [2.45, 2.75) is 25.4 Å². The van der Waals surface area contributed by atoms with Crippen molar-refractivity contribution in [3.8, 4) is 0 Å². The smallest absolute Gasteiger partial charge is 0.244 e. The van der Waals surface area contributed by atoms with E-state index in [1.54, 1.807) is 0 Å². The van der Waals surface area contributed by atoms with Crippen molar-refractivity contribution in [2.24, 2.45) is 5.73 Å². The molecule has 2 unspecified atom stereocenters. The molecule has 1 fully saturated rings. The summed E-state index contributed by atoms with van der Waals surface area (Å²) in [6.07, 6.45) is 4.67. The van der Waals surface area contributed by atoms with Gasteiger partial charge in [0.15, 0.2) is 0 Å². The molecule has 5 nitrogen and oxygen atoms in total. The molecule has 1 aliphatic rings. The molecule has 0 saturated carbocycles. The quantitative estimate of drug-likeness (QED) is 0.644. The molecule has 0 radical (unpaired) electrons. The Morgan fingerprint density at radius 2 is 2.04 bits per heavy atom. The van der Waals surface area contributed by atoms with Crippen LogP contribution in [0.5, 0.6) is 0 Å². The highest BCUT2D eigenvalue weighted by atomic mass is 79.9. The molecule has 1 saturated heterocycles. The fourth-order valence-electron chi connectivity index (χ4n) is 3.84. The van der Waals surface area contributed by atoms with Crippen molar-refractivity contribution in [3.63, 3.8) is 0 Å². The highest BCUT2D eigenvalue weighted by molar-refractivity contribution is 9.10. The van der Waals surface area contributed by atoms with Crippen molar-refractivity contribution in [2.75, 3.05) is 18.4 Å². The molecule has 2 heterocycles. The van der Waals surface area contributed by atoms with Crippen LogP contribution in [0.25, 0.3) is 10.8 Å². The van der Waals surface area contributed by atoms with Gasteiger partial charge in [-0.3, -0.25) is 9.78 Å². The molecule has 6 heteroatoms. The summed E-state index contributed by atoms with van der Waals surface area (Å²) in [5.41, 5.74) is 9.30. The van der Waals surface area contributed by atoms with Crippen molar-refractivity contribution in [1.82, 2.24) is 9.88 Å². The van der Waals surface area contributed by atoms with Crippen LogP contribution in [0, 0.1) is 6.92 Å². The van der Waals surface area contributed by atoms with Crippen LogP contribution in [-0.4, -0.2) is 34.9 Å². The molecular weight excluding hydrogens is 416 g/mol. The number of rotatable bonds is 4. The first-order valence-electron chi connectivity index (χ1n) is 9.42. The topological polar surface area (TPSA) is 71.2 Å². The van der Waals surface area contributed by atoms with Crippen LogP contribution in [-0.2, 0) is 4.79 Å². The Hall–Kier alpha value is -2.44. The summed E-state index contributed by atoms with van der Waals surface area (Å²) in [5.74, 6) is -0.0232. The predicted octanol–water partition coefficient (Wildman–Crippen LogP) is 4.02. The third kappa shape index (κ3) is 3.75. The van der Waals surface area contributed by atoms with Gasteiger partial charge >= 0.3 is 0 Å². The fraction of sp³-hybridized carbons (Fsp3) is 0.273. The maximum atomic E-state index is 12.8. The Labute approximate surface area is 173 Å². The Kier molecular flexibility index (Phi) is 5.33. The van der Waals surface area contributed by atoms with Gasteiger partial charge in [0, 0.05) is 52.5 Å². The third-order valence-electron chi connectivity index (χ3n) is 5.33. The minimum atomic E-state index is -0.627. The number of nitrogens with zero attached hydrogens (tertiary/aromatic N) is 2. The zero-order chi connectivity index (χ0) is 19.7. The van der Waals surface area contributed by atoms with Crippen LogP contribution >= 0.6 is 15.9 Å². The van der Waals surface area contributed by atoms with Crippen LogP contribution < -0.4 is 11.1 Å². The van der Waals surface area contributed by atoms with E-state index in [2.05, 4.69) is 45.3 Å². The van der Waals surface area contributed by atoms with Gasteiger partial charge in [-0.15, -0.1) is 0 Å². The van der Waals surface area contributed by atoms with E-state index < -0.39 is 6.04 Å². The monoisotopic (exact) mass is 438 g/mol. The van der Waals surface area contributed by atoms with E-state index in [0.717, 1.165) is 33.1 Å². The van der Waals surface area contributed by atoms with Crippen LogP contribution in [0.4, 0.5) is 5.69 Å². The molecule has 0 aliphatic carbocycles. The minimum Gasteiger partial charge on any atom is -0.380 e. The van der Waals surface area contributed by atoms with Gasteiger partial charge in [-0.1, -0.05) is 40.2 Å². The lowest BCUT2D eigenvalue weighted by Gasteiger charge is -2.22. The molecule has 4 rings (SSSR count). The van der Waals surface area contributed by atoms with E-state index in [1.165, 1.54) is 5.39 Å². The molecular formula is C22H23BrN4O. The van der Waals surface area contributed by atoms with E-state index in [-0.39, 0.29) is 11.9 Å². The van der Waals surface area contributed by atoms with E-state index in [0.29, 0.717) is 13.1 Å². The molecule has 3 aromatic rings. The van der Waals surface area contributed by atoms with E-state index in [1.807, 2.05) is 47.6 Å². The summed E-state index contributed by atoms with van der Waals surface area (Å²) in [5, 5.41) is 5.93. The zero-order valence-electron chi connectivity index (χ0n) is 15.7. The van der Waals surface area contributed by atoms with Crippen LogP contribution in [0.1, 0.15) is 23.6 Å². The number of anilines is 1. The third-order valence-corrected chi connectivity index (χ3v) is 5.86. The predicted molar refractivity (Wildman–Crippen MR) is 116 cm³/mol. The number of aryl methyl sites for hydroxylation is 1. The average molecular weight is 439 g/mol. The first kappa shape index (κ1) is 18.9. The molecule has 3 N–H and O–H groups in total. The molecule has 2 aromatic carbocycles. The number of hydrogen-bond donors (Lipinski definition) is 2. The highest BCUT2D eigenvalue weighted by Gasteiger charge is 2.30. The number of likely N-dealkylation sites (tertiary alicyclic amines) is 1. The van der Waals surface area contributed by atoms with Crippen LogP contribution in [0.15, 0.2) is 59.3 Å². The van der Waals surface area contributed by atoms with Gasteiger partial charge < -0.3 is 16.0 Å². The molecule has 1 aliphatic heterocycles. The lowest BCUT2D eigenvalue weighted by Crippen LogP contribution is -2.38. The summed E-state index contributed by atoms with van der Waals surface area (Å²) in [6.45, 7) is 3.44. The lowest BCUT2D eigenvalue weighted by molar-refractivity contribution is -0.131. The second kappa shape index (κ2) is 7.89. The fourth-order valence-corrected chi connectivity index (χ4v) is 4.10. The Balaban J connectivity index is 1.46. The molecule has 1 aromatic heterocycles. The van der Waals surface area contributed by atoms with E-state index >= 15 is 0 Å². The number of carbonyl (C=O) groups excluding carboxylic acids is 1. The Bertz CT molecular complexity index is 1000. The number of halogens is 1. The number of aromatic nitrogens is 1. The SMILES string of the molecule is Cc1cncc2cccc(NC3CCN(C(=O)C(N)c4ccc(Br)cc4)C3)c12. The van der Waals surface area contributed by atoms with Crippen LogP contribution in [0.2, 0.25) is 0 Å². The van der Waals surface area contributed by atoms with Crippen molar-refractivity contribution < 1.29 is 4.79 Å². The minimum absolute atomic E-state index is 0.0232. The van der Waals surface area contributed by atoms with Crippen molar-refractivity contribution in [1.29, 1.82) is 0 Å². The van der Waals surface area contributed by atoms with Gasteiger partial charge in [-0.05, 0) is 42.7 Å². The van der Waals surface area contributed by atoms with Crippen LogP contribution in [0.3, 0.4) is 0 Å². The van der Waals surface area contributed by atoms with Crippen molar-refractivity contribution in [3.05, 3.63) is 70.5 Å². The normalized spacial score (nSPS) is 17.7. The average Bonchev–Trinajstić information content (AvgIpc) is 3.16. The Morgan fingerprint density at radius 1 is 1.25 bits per heavy atom. The number of benzene rings is 2. The summed E-state index contributed by atoms with van der Waals surface area (Å²) in [6, 6.07) is 13.4.